The molecule has 2 N–H and O–H groups in total. The van der Waals surface area contributed by atoms with Crippen LogP contribution < -0.4 is 5.73 Å². The van der Waals surface area contributed by atoms with Crippen molar-refractivity contribution in [2.45, 2.75) is 70.1 Å². The number of fused-ring (bicyclic) bond motifs is 1. The third-order valence-corrected chi connectivity index (χ3v) is 4.23. The molecule has 0 spiro atoms. The molecule has 1 aliphatic heterocycles. The Labute approximate surface area is 106 Å². The highest BCUT2D eigenvalue weighted by atomic mass is 16.5. The van der Waals surface area contributed by atoms with Crippen molar-refractivity contribution in [2.75, 3.05) is 19.7 Å². The van der Waals surface area contributed by atoms with Crippen molar-refractivity contribution in [1.82, 2.24) is 4.90 Å². The summed E-state index contributed by atoms with van der Waals surface area (Å²) in [6.45, 7) is 7.41. The Morgan fingerprint density at radius 3 is 2.88 bits per heavy atom. The molecule has 17 heavy (non-hydrogen) atoms. The number of nitrogens with two attached hydrogens (primary N) is 1. The van der Waals surface area contributed by atoms with E-state index in [1.54, 1.807) is 0 Å². The van der Waals surface area contributed by atoms with Crippen molar-refractivity contribution in [1.29, 1.82) is 0 Å². The van der Waals surface area contributed by atoms with Gasteiger partial charge in [-0.2, -0.15) is 0 Å². The molecule has 1 saturated heterocycles. The van der Waals surface area contributed by atoms with Crippen molar-refractivity contribution in [3.05, 3.63) is 0 Å². The Morgan fingerprint density at radius 2 is 2.12 bits per heavy atom. The van der Waals surface area contributed by atoms with Gasteiger partial charge in [-0.1, -0.05) is 26.2 Å². The van der Waals surface area contributed by atoms with Gasteiger partial charge in [-0.05, 0) is 26.2 Å². The van der Waals surface area contributed by atoms with E-state index in [9.17, 15) is 0 Å². The fraction of sp³-hybridized carbons (Fsp3) is 1.00. The zero-order valence-electron chi connectivity index (χ0n) is 11.5. The zero-order valence-corrected chi connectivity index (χ0v) is 11.5. The Morgan fingerprint density at radius 1 is 1.35 bits per heavy atom. The van der Waals surface area contributed by atoms with Crippen molar-refractivity contribution in [3.63, 3.8) is 0 Å². The van der Waals surface area contributed by atoms with Crippen molar-refractivity contribution in [2.24, 2.45) is 5.73 Å². The molecule has 2 rings (SSSR count). The maximum Gasteiger partial charge on any atom is 0.0730 e. The predicted octanol–water partition coefficient (Wildman–Crippen LogP) is 2.15. The third-order valence-electron chi connectivity index (χ3n) is 4.23. The van der Waals surface area contributed by atoms with Gasteiger partial charge in [0.15, 0.2) is 0 Å². The Balaban J connectivity index is 1.94. The zero-order chi connectivity index (χ0) is 12.3. The second kappa shape index (κ2) is 5.68. The molecular weight excluding hydrogens is 212 g/mol. The number of hydrogen-bond donors (Lipinski definition) is 1. The lowest BCUT2D eigenvalue weighted by molar-refractivity contribution is -0.0930. The van der Waals surface area contributed by atoms with Crippen LogP contribution in [0.1, 0.15) is 52.4 Å². The first kappa shape index (κ1) is 13.3. The predicted molar refractivity (Wildman–Crippen MR) is 71.1 cm³/mol. The quantitative estimate of drug-likeness (QED) is 0.818. The van der Waals surface area contributed by atoms with Crippen LogP contribution in [0.3, 0.4) is 0 Å². The fourth-order valence-electron chi connectivity index (χ4n) is 3.49. The molecule has 3 atom stereocenters. The molecule has 3 unspecified atom stereocenters. The highest BCUT2D eigenvalue weighted by molar-refractivity contribution is 4.92. The van der Waals surface area contributed by atoms with Crippen molar-refractivity contribution < 1.29 is 4.74 Å². The fourth-order valence-corrected chi connectivity index (χ4v) is 3.49. The van der Waals surface area contributed by atoms with Gasteiger partial charge in [0, 0.05) is 24.7 Å². The van der Waals surface area contributed by atoms with E-state index in [4.69, 9.17) is 10.5 Å². The average Bonchev–Trinajstić information content (AvgIpc) is 2.29. The summed E-state index contributed by atoms with van der Waals surface area (Å²) in [5, 5.41) is 0. The highest BCUT2D eigenvalue weighted by Crippen LogP contribution is 2.29. The molecule has 1 saturated carbocycles. The largest absolute Gasteiger partial charge is 0.375 e. The summed E-state index contributed by atoms with van der Waals surface area (Å²) in [7, 11) is 0. The van der Waals surface area contributed by atoms with Gasteiger partial charge in [0.1, 0.15) is 0 Å². The molecule has 2 fully saturated rings. The lowest BCUT2D eigenvalue weighted by Crippen LogP contribution is -2.58. The number of nitrogens with zero attached hydrogens (tertiary/aromatic N) is 1. The summed E-state index contributed by atoms with van der Waals surface area (Å²) in [5.74, 6) is 0. The lowest BCUT2D eigenvalue weighted by Gasteiger charge is -2.46. The van der Waals surface area contributed by atoms with E-state index in [0.717, 1.165) is 26.1 Å². The first-order valence-electron chi connectivity index (χ1n) is 7.27. The van der Waals surface area contributed by atoms with Crippen LogP contribution in [0.4, 0.5) is 0 Å². The standard InChI is InChI=1S/C14H28N2O/c1-3-8-14(2,15)11-16-9-10-17-13-7-5-4-6-12(13)16/h12-13H,3-11,15H2,1-2H3. The van der Waals surface area contributed by atoms with E-state index < -0.39 is 0 Å². The minimum absolute atomic E-state index is 0.0336. The Bertz CT molecular complexity index is 240. The van der Waals surface area contributed by atoms with E-state index in [1.807, 2.05) is 0 Å². The molecule has 0 aromatic carbocycles. The average molecular weight is 240 g/mol. The van der Waals surface area contributed by atoms with Gasteiger partial charge in [0.05, 0.1) is 12.7 Å². The summed E-state index contributed by atoms with van der Waals surface area (Å²) in [6, 6.07) is 0.636. The molecule has 0 bridgehead atoms. The topological polar surface area (TPSA) is 38.5 Å². The summed E-state index contributed by atoms with van der Waals surface area (Å²) in [5.41, 5.74) is 6.36. The van der Waals surface area contributed by atoms with Gasteiger partial charge in [0.25, 0.3) is 0 Å². The van der Waals surface area contributed by atoms with E-state index in [0.29, 0.717) is 12.1 Å². The summed E-state index contributed by atoms with van der Waals surface area (Å²) in [6.07, 6.45) is 8.01. The smallest absolute Gasteiger partial charge is 0.0730 e. The molecule has 3 heteroatoms. The van der Waals surface area contributed by atoms with Crippen molar-refractivity contribution >= 4 is 0 Å². The van der Waals surface area contributed by atoms with Crippen LogP contribution in [0.5, 0.6) is 0 Å². The molecule has 100 valence electrons. The minimum atomic E-state index is -0.0336. The molecular formula is C14H28N2O. The van der Waals surface area contributed by atoms with E-state index in [2.05, 4.69) is 18.7 Å². The van der Waals surface area contributed by atoms with Gasteiger partial charge in [-0.3, -0.25) is 4.90 Å². The molecule has 3 nitrogen and oxygen atoms in total. The summed E-state index contributed by atoms with van der Waals surface area (Å²) >= 11 is 0. The molecule has 0 radical (unpaired) electrons. The second-order valence-electron chi connectivity index (χ2n) is 6.14. The van der Waals surface area contributed by atoms with Crippen LogP contribution in [0, 0.1) is 0 Å². The molecule has 1 heterocycles. The van der Waals surface area contributed by atoms with Gasteiger partial charge in [0.2, 0.25) is 0 Å². The van der Waals surface area contributed by atoms with Crippen LogP contribution in [0.2, 0.25) is 0 Å². The van der Waals surface area contributed by atoms with Crippen molar-refractivity contribution in [3.8, 4) is 0 Å². The first-order valence-corrected chi connectivity index (χ1v) is 7.27. The normalized spacial score (nSPS) is 34.1. The van der Waals surface area contributed by atoms with Gasteiger partial charge in [-0.15, -0.1) is 0 Å². The number of morpholine rings is 1. The van der Waals surface area contributed by atoms with Gasteiger partial charge >= 0.3 is 0 Å². The maximum absolute atomic E-state index is 6.40. The van der Waals surface area contributed by atoms with Gasteiger partial charge in [-0.25, -0.2) is 0 Å². The van der Waals surface area contributed by atoms with Gasteiger partial charge < -0.3 is 10.5 Å². The van der Waals surface area contributed by atoms with Crippen LogP contribution in [0.25, 0.3) is 0 Å². The second-order valence-corrected chi connectivity index (χ2v) is 6.14. The monoisotopic (exact) mass is 240 g/mol. The van der Waals surface area contributed by atoms with E-state index in [-0.39, 0.29) is 5.54 Å². The number of rotatable bonds is 4. The Kier molecular flexibility index (Phi) is 4.45. The Hall–Kier alpha value is -0.120. The maximum atomic E-state index is 6.40. The molecule has 2 aliphatic rings. The summed E-state index contributed by atoms with van der Waals surface area (Å²) < 4.78 is 5.90. The van der Waals surface area contributed by atoms with Crippen LogP contribution in [0.15, 0.2) is 0 Å². The third kappa shape index (κ3) is 3.43. The highest BCUT2D eigenvalue weighted by Gasteiger charge is 2.36. The van der Waals surface area contributed by atoms with Crippen LogP contribution in [-0.2, 0) is 4.74 Å². The SMILES string of the molecule is CCCC(C)(N)CN1CCOC2CCCCC21. The minimum Gasteiger partial charge on any atom is -0.375 e. The van der Waals surface area contributed by atoms with Crippen LogP contribution in [-0.4, -0.2) is 42.3 Å². The molecule has 0 amide bonds. The molecule has 0 aromatic heterocycles. The molecule has 1 aliphatic carbocycles. The number of ether oxygens (including phenoxy) is 1. The van der Waals surface area contributed by atoms with E-state index >= 15 is 0 Å². The lowest BCUT2D eigenvalue weighted by atomic mass is 9.88. The van der Waals surface area contributed by atoms with E-state index in [1.165, 1.54) is 32.1 Å². The number of hydrogen-bond acceptors (Lipinski definition) is 3. The first-order chi connectivity index (χ1) is 8.12. The summed E-state index contributed by atoms with van der Waals surface area (Å²) in [4.78, 5) is 2.60. The van der Waals surface area contributed by atoms with Crippen LogP contribution >= 0.6 is 0 Å². The molecule has 0 aromatic rings.